The molecule has 0 aliphatic heterocycles. The lowest BCUT2D eigenvalue weighted by Crippen LogP contribution is -2.48. The first kappa shape index (κ1) is 22.7. The molecule has 0 aliphatic carbocycles. The molecule has 0 saturated carbocycles. The zero-order chi connectivity index (χ0) is 21.6. The SMILES string of the molecule is CCOc1ccc(N([C@H](C)C(=O)N[C@@H](C)c2ccc(CC)cc2)S(C)(=O)=O)cc1. The van der Waals surface area contributed by atoms with Gasteiger partial charge in [0.2, 0.25) is 15.9 Å². The number of carbonyl (C=O) groups is 1. The van der Waals surface area contributed by atoms with Crippen LogP contribution in [0.4, 0.5) is 5.69 Å². The minimum Gasteiger partial charge on any atom is -0.494 e. The third kappa shape index (κ3) is 5.97. The van der Waals surface area contributed by atoms with Crippen LogP contribution in [-0.2, 0) is 21.2 Å². The standard InChI is InChI=1S/C22H30N2O4S/c1-6-18-8-10-19(11-9-18)16(3)23-22(25)17(4)24(29(5,26)27)20-12-14-21(15-13-20)28-7-2/h8-17H,6-7H2,1-5H3,(H,23,25)/t16-,17+/m0/s1. The summed E-state index contributed by atoms with van der Waals surface area (Å²) in [6.45, 7) is 7.95. The Morgan fingerprint density at radius 3 is 2.10 bits per heavy atom. The molecule has 0 unspecified atom stereocenters. The predicted molar refractivity (Wildman–Crippen MR) is 117 cm³/mol. The number of benzene rings is 2. The smallest absolute Gasteiger partial charge is 0.244 e. The lowest BCUT2D eigenvalue weighted by Gasteiger charge is -2.29. The fourth-order valence-electron chi connectivity index (χ4n) is 3.12. The molecule has 2 atom stereocenters. The molecule has 0 spiro atoms. The first-order valence-electron chi connectivity index (χ1n) is 9.78. The van der Waals surface area contributed by atoms with Crippen molar-refractivity contribution < 1.29 is 17.9 Å². The van der Waals surface area contributed by atoms with Crippen molar-refractivity contribution >= 4 is 21.6 Å². The van der Waals surface area contributed by atoms with Gasteiger partial charge in [-0.3, -0.25) is 9.10 Å². The van der Waals surface area contributed by atoms with Crippen LogP contribution in [0.5, 0.6) is 5.75 Å². The van der Waals surface area contributed by atoms with Crippen molar-refractivity contribution in [2.45, 2.75) is 46.2 Å². The maximum Gasteiger partial charge on any atom is 0.244 e. The predicted octanol–water partition coefficient (Wildman–Crippen LogP) is 3.68. The van der Waals surface area contributed by atoms with E-state index in [0.29, 0.717) is 18.0 Å². The third-order valence-electron chi connectivity index (χ3n) is 4.74. The van der Waals surface area contributed by atoms with Crippen LogP contribution >= 0.6 is 0 Å². The molecular weight excluding hydrogens is 388 g/mol. The minimum absolute atomic E-state index is 0.238. The molecule has 1 N–H and O–H groups in total. The van der Waals surface area contributed by atoms with E-state index in [1.54, 1.807) is 31.2 Å². The summed E-state index contributed by atoms with van der Waals surface area (Å²) >= 11 is 0. The molecule has 0 fully saturated rings. The van der Waals surface area contributed by atoms with Crippen LogP contribution in [0.1, 0.15) is 44.9 Å². The van der Waals surface area contributed by atoms with E-state index >= 15 is 0 Å². The normalized spacial score (nSPS) is 13.4. The highest BCUT2D eigenvalue weighted by molar-refractivity contribution is 7.92. The lowest BCUT2D eigenvalue weighted by molar-refractivity contribution is -0.122. The van der Waals surface area contributed by atoms with Crippen molar-refractivity contribution in [2.75, 3.05) is 17.2 Å². The van der Waals surface area contributed by atoms with Crippen molar-refractivity contribution in [1.82, 2.24) is 5.32 Å². The van der Waals surface area contributed by atoms with Crippen molar-refractivity contribution in [1.29, 1.82) is 0 Å². The number of anilines is 1. The van der Waals surface area contributed by atoms with Crippen LogP contribution in [0.25, 0.3) is 0 Å². The number of amides is 1. The summed E-state index contributed by atoms with van der Waals surface area (Å²) in [6.07, 6.45) is 2.05. The number of nitrogens with zero attached hydrogens (tertiary/aromatic N) is 1. The van der Waals surface area contributed by atoms with Gasteiger partial charge in [0.05, 0.1) is 24.6 Å². The van der Waals surface area contributed by atoms with Crippen molar-refractivity contribution in [3.8, 4) is 5.75 Å². The number of sulfonamides is 1. The molecule has 0 radical (unpaired) electrons. The molecule has 0 aromatic heterocycles. The van der Waals surface area contributed by atoms with Crippen molar-refractivity contribution in [3.63, 3.8) is 0 Å². The summed E-state index contributed by atoms with van der Waals surface area (Å²) in [6, 6.07) is 13.6. The van der Waals surface area contributed by atoms with E-state index in [4.69, 9.17) is 4.74 Å². The first-order valence-corrected chi connectivity index (χ1v) is 11.6. The number of rotatable bonds is 9. The number of nitrogens with one attached hydrogen (secondary N) is 1. The first-order chi connectivity index (χ1) is 13.7. The molecule has 1 amide bonds. The molecule has 29 heavy (non-hydrogen) atoms. The molecule has 7 heteroatoms. The monoisotopic (exact) mass is 418 g/mol. The zero-order valence-electron chi connectivity index (χ0n) is 17.7. The summed E-state index contributed by atoms with van der Waals surface area (Å²) in [5, 5.41) is 2.92. The van der Waals surface area contributed by atoms with Crippen LogP contribution in [0, 0.1) is 0 Å². The van der Waals surface area contributed by atoms with E-state index in [-0.39, 0.29) is 11.9 Å². The van der Waals surface area contributed by atoms with Gasteiger partial charge in [-0.15, -0.1) is 0 Å². The average Bonchev–Trinajstić information content (AvgIpc) is 2.68. The number of aryl methyl sites for hydroxylation is 1. The van der Waals surface area contributed by atoms with Crippen molar-refractivity contribution in [3.05, 3.63) is 59.7 Å². The van der Waals surface area contributed by atoms with Crippen LogP contribution in [0.15, 0.2) is 48.5 Å². The Balaban J connectivity index is 2.19. The molecule has 2 aromatic rings. The maximum atomic E-state index is 12.8. The van der Waals surface area contributed by atoms with Gasteiger partial charge in [0.15, 0.2) is 0 Å². The van der Waals surface area contributed by atoms with Crippen LogP contribution in [0.3, 0.4) is 0 Å². The van der Waals surface area contributed by atoms with Gasteiger partial charge in [0, 0.05) is 0 Å². The van der Waals surface area contributed by atoms with E-state index in [1.165, 1.54) is 5.56 Å². The summed E-state index contributed by atoms with van der Waals surface area (Å²) in [5.41, 5.74) is 2.60. The largest absolute Gasteiger partial charge is 0.494 e. The Morgan fingerprint density at radius 2 is 1.62 bits per heavy atom. The van der Waals surface area contributed by atoms with Crippen LogP contribution < -0.4 is 14.4 Å². The quantitative estimate of drug-likeness (QED) is 0.674. The van der Waals surface area contributed by atoms with Crippen LogP contribution in [-0.4, -0.2) is 33.2 Å². The fraction of sp³-hybridized carbons (Fsp3) is 0.409. The molecule has 0 bridgehead atoms. The van der Waals surface area contributed by atoms with Gasteiger partial charge in [0.1, 0.15) is 11.8 Å². The Kier molecular flexibility index (Phi) is 7.67. The lowest BCUT2D eigenvalue weighted by atomic mass is 10.0. The molecule has 6 nitrogen and oxygen atoms in total. The molecule has 2 rings (SSSR count). The molecule has 158 valence electrons. The highest BCUT2D eigenvalue weighted by Crippen LogP contribution is 2.24. The zero-order valence-corrected chi connectivity index (χ0v) is 18.5. The Labute approximate surface area is 173 Å². The number of hydrogen-bond donors (Lipinski definition) is 1. The van der Waals surface area contributed by atoms with Gasteiger partial charge in [0.25, 0.3) is 0 Å². The molecule has 0 aliphatic rings. The molecule has 0 saturated heterocycles. The minimum atomic E-state index is -3.67. The third-order valence-corrected chi connectivity index (χ3v) is 5.98. The van der Waals surface area contributed by atoms with Gasteiger partial charge in [-0.1, -0.05) is 31.2 Å². The van der Waals surface area contributed by atoms with Gasteiger partial charge < -0.3 is 10.1 Å². The summed E-state index contributed by atoms with van der Waals surface area (Å²) in [5.74, 6) is 0.280. The van der Waals surface area contributed by atoms with Gasteiger partial charge >= 0.3 is 0 Å². The fourth-order valence-corrected chi connectivity index (χ4v) is 4.30. The Bertz CT molecular complexity index is 909. The number of ether oxygens (including phenoxy) is 1. The van der Waals surface area contributed by atoms with E-state index < -0.39 is 16.1 Å². The summed E-state index contributed by atoms with van der Waals surface area (Å²) < 4.78 is 31.4. The molecular formula is C22H30N2O4S. The highest BCUT2D eigenvalue weighted by atomic mass is 32.2. The summed E-state index contributed by atoms with van der Waals surface area (Å²) in [4.78, 5) is 12.8. The summed E-state index contributed by atoms with van der Waals surface area (Å²) in [7, 11) is -3.67. The second-order valence-electron chi connectivity index (χ2n) is 6.99. The second kappa shape index (κ2) is 9.78. The average molecular weight is 419 g/mol. The van der Waals surface area contributed by atoms with Crippen molar-refractivity contribution in [2.24, 2.45) is 0 Å². The number of carbonyl (C=O) groups excluding carboxylic acids is 1. The molecule has 0 heterocycles. The van der Waals surface area contributed by atoms with E-state index in [1.807, 2.05) is 38.1 Å². The number of hydrogen-bond acceptors (Lipinski definition) is 4. The highest BCUT2D eigenvalue weighted by Gasteiger charge is 2.29. The van der Waals surface area contributed by atoms with E-state index in [2.05, 4.69) is 12.2 Å². The Hall–Kier alpha value is -2.54. The second-order valence-corrected chi connectivity index (χ2v) is 8.85. The van der Waals surface area contributed by atoms with Gasteiger partial charge in [-0.2, -0.15) is 0 Å². The molecule has 2 aromatic carbocycles. The van der Waals surface area contributed by atoms with Gasteiger partial charge in [-0.25, -0.2) is 8.42 Å². The van der Waals surface area contributed by atoms with E-state index in [9.17, 15) is 13.2 Å². The maximum absolute atomic E-state index is 12.8. The van der Waals surface area contributed by atoms with E-state index in [0.717, 1.165) is 22.5 Å². The topological polar surface area (TPSA) is 75.7 Å². The van der Waals surface area contributed by atoms with Crippen LogP contribution in [0.2, 0.25) is 0 Å². The van der Waals surface area contributed by atoms with Gasteiger partial charge in [-0.05, 0) is 62.6 Å². The Morgan fingerprint density at radius 1 is 1.03 bits per heavy atom.